The predicted molar refractivity (Wildman–Crippen MR) is 51.8 cm³/mol. The Morgan fingerprint density at radius 1 is 1.36 bits per heavy atom. The van der Waals surface area contributed by atoms with Crippen LogP contribution >= 0.6 is 7.82 Å². The lowest BCUT2D eigenvalue weighted by molar-refractivity contribution is -0.135. The molecule has 0 amide bonds. The molecule has 82 valence electrons. The molecule has 0 rings (SSSR count). The summed E-state index contributed by atoms with van der Waals surface area (Å²) in [6, 6.07) is 0. The summed E-state index contributed by atoms with van der Waals surface area (Å²) in [5, 5.41) is 0. The average Bonchev–Trinajstić information content (AvgIpc) is 2.04. The van der Waals surface area contributed by atoms with Gasteiger partial charge in [0.25, 0.3) is 0 Å². The van der Waals surface area contributed by atoms with Crippen molar-refractivity contribution >= 4 is 13.8 Å². The number of rotatable bonds is 7. The van der Waals surface area contributed by atoms with Gasteiger partial charge in [0.1, 0.15) is 0 Å². The topological polar surface area (TPSA) is 61.8 Å². The van der Waals surface area contributed by atoms with Gasteiger partial charge in [-0.3, -0.25) is 13.8 Å². The summed E-state index contributed by atoms with van der Waals surface area (Å²) in [7, 11) is -3.70. The summed E-state index contributed by atoms with van der Waals surface area (Å²) in [6.45, 7) is 6.92. The van der Waals surface area contributed by atoms with Gasteiger partial charge in [0.2, 0.25) is 0 Å². The van der Waals surface area contributed by atoms with Gasteiger partial charge in [0.15, 0.2) is 0 Å². The van der Waals surface area contributed by atoms with E-state index in [4.69, 9.17) is 9.05 Å². The first kappa shape index (κ1) is 13.4. The largest absolute Gasteiger partial charge is 0.532 e. The van der Waals surface area contributed by atoms with Crippen molar-refractivity contribution in [2.24, 2.45) is 0 Å². The van der Waals surface area contributed by atoms with Gasteiger partial charge >= 0.3 is 13.8 Å². The first-order valence-electron chi connectivity index (χ1n) is 4.30. The molecule has 0 unspecified atom stereocenters. The molecule has 0 heterocycles. The maximum Gasteiger partial charge on any atom is 0.532 e. The molecule has 0 saturated heterocycles. The monoisotopic (exact) mass is 222 g/mol. The van der Waals surface area contributed by atoms with E-state index in [2.05, 4.69) is 11.1 Å². The molecule has 0 radical (unpaired) electrons. The van der Waals surface area contributed by atoms with Crippen LogP contribution < -0.4 is 0 Å². The van der Waals surface area contributed by atoms with E-state index < -0.39 is 13.8 Å². The number of hydrogen-bond acceptors (Lipinski definition) is 5. The highest BCUT2D eigenvalue weighted by atomic mass is 31.2. The van der Waals surface area contributed by atoms with Crippen molar-refractivity contribution in [1.29, 1.82) is 0 Å². The highest BCUT2D eigenvalue weighted by Crippen LogP contribution is 2.49. The molecule has 0 aliphatic heterocycles. The number of phosphoric acid groups is 1. The van der Waals surface area contributed by atoms with Crippen LogP contribution in [-0.2, 0) is 22.9 Å². The fourth-order valence-corrected chi connectivity index (χ4v) is 1.82. The lowest BCUT2D eigenvalue weighted by Crippen LogP contribution is -2.06. The Labute approximate surface area is 83.7 Å². The SMILES string of the molecule is C=CCC(=O)OP(=O)(OCC)OCC. The molecule has 0 bridgehead atoms. The zero-order valence-corrected chi connectivity index (χ0v) is 9.29. The second-order valence-corrected chi connectivity index (χ2v) is 3.83. The number of carbonyl (C=O) groups excluding carboxylic acids is 1. The fraction of sp³-hybridized carbons (Fsp3) is 0.625. The Kier molecular flexibility index (Phi) is 6.45. The molecule has 0 fully saturated rings. The van der Waals surface area contributed by atoms with E-state index in [0.29, 0.717) is 0 Å². The third-order valence-corrected chi connectivity index (χ3v) is 2.68. The van der Waals surface area contributed by atoms with Crippen LogP contribution in [0, 0.1) is 0 Å². The molecular formula is C8H15O5P. The van der Waals surface area contributed by atoms with Crippen molar-refractivity contribution in [1.82, 2.24) is 0 Å². The summed E-state index contributed by atoms with van der Waals surface area (Å²) in [5.74, 6) is -0.676. The molecule has 14 heavy (non-hydrogen) atoms. The molecule has 0 spiro atoms. The minimum Gasteiger partial charge on any atom is -0.370 e. The quantitative estimate of drug-likeness (QED) is 0.488. The average molecular weight is 222 g/mol. The van der Waals surface area contributed by atoms with Gasteiger partial charge in [-0.1, -0.05) is 6.08 Å². The molecule has 0 aromatic heterocycles. The number of carbonyl (C=O) groups is 1. The Hall–Kier alpha value is -0.640. The van der Waals surface area contributed by atoms with E-state index in [1.807, 2.05) is 0 Å². The molecule has 6 heteroatoms. The smallest absolute Gasteiger partial charge is 0.370 e. The van der Waals surface area contributed by atoms with E-state index in [-0.39, 0.29) is 19.6 Å². The van der Waals surface area contributed by atoms with E-state index in [1.54, 1.807) is 13.8 Å². The third-order valence-electron chi connectivity index (χ3n) is 1.10. The van der Waals surface area contributed by atoms with Crippen LogP contribution in [0.15, 0.2) is 12.7 Å². The Morgan fingerprint density at radius 2 is 1.86 bits per heavy atom. The lowest BCUT2D eigenvalue weighted by atomic mass is 10.4. The zero-order valence-electron chi connectivity index (χ0n) is 8.39. The van der Waals surface area contributed by atoms with Gasteiger partial charge in [0.05, 0.1) is 19.6 Å². The van der Waals surface area contributed by atoms with E-state index in [0.717, 1.165) is 0 Å². The Bertz CT molecular complexity index is 228. The number of phosphoric ester groups is 1. The summed E-state index contributed by atoms with van der Waals surface area (Å²) >= 11 is 0. The molecule has 0 atom stereocenters. The van der Waals surface area contributed by atoms with Gasteiger partial charge in [-0.15, -0.1) is 6.58 Å². The van der Waals surface area contributed by atoms with Crippen molar-refractivity contribution in [2.75, 3.05) is 13.2 Å². The van der Waals surface area contributed by atoms with Gasteiger partial charge in [0, 0.05) is 0 Å². The van der Waals surface area contributed by atoms with Crippen molar-refractivity contribution in [3.05, 3.63) is 12.7 Å². The fourth-order valence-electron chi connectivity index (χ4n) is 0.686. The lowest BCUT2D eigenvalue weighted by Gasteiger charge is -2.14. The van der Waals surface area contributed by atoms with E-state index in [1.165, 1.54) is 6.08 Å². The summed E-state index contributed by atoms with van der Waals surface area (Å²) in [4.78, 5) is 11.0. The second-order valence-electron chi connectivity index (χ2n) is 2.24. The van der Waals surface area contributed by atoms with Crippen LogP contribution in [0.1, 0.15) is 20.3 Å². The minimum absolute atomic E-state index is 0.0237. The molecule has 0 aromatic carbocycles. The first-order valence-corrected chi connectivity index (χ1v) is 5.76. The summed E-state index contributed by atoms with van der Waals surface area (Å²) in [6.07, 6.45) is 1.33. The summed E-state index contributed by atoms with van der Waals surface area (Å²) < 4.78 is 25.6. The van der Waals surface area contributed by atoms with Crippen molar-refractivity contribution in [2.45, 2.75) is 20.3 Å². The van der Waals surface area contributed by atoms with Gasteiger partial charge in [-0.05, 0) is 13.8 Å². The third kappa shape index (κ3) is 5.17. The maximum atomic E-state index is 11.6. The highest BCUT2D eigenvalue weighted by molar-refractivity contribution is 7.49. The zero-order chi connectivity index (χ0) is 11.0. The van der Waals surface area contributed by atoms with Crippen molar-refractivity contribution in [3.63, 3.8) is 0 Å². The van der Waals surface area contributed by atoms with Crippen LogP contribution in [0.3, 0.4) is 0 Å². The van der Waals surface area contributed by atoms with Crippen LogP contribution in [0.2, 0.25) is 0 Å². The Balaban J connectivity index is 4.27. The van der Waals surface area contributed by atoms with Crippen LogP contribution in [0.25, 0.3) is 0 Å². The normalized spacial score (nSPS) is 11.0. The minimum atomic E-state index is -3.70. The highest BCUT2D eigenvalue weighted by Gasteiger charge is 2.29. The molecular weight excluding hydrogens is 207 g/mol. The molecule has 0 N–H and O–H groups in total. The van der Waals surface area contributed by atoms with E-state index in [9.17, 15) is 9.36 Å². The Morgan fingerprint density at radius 3 is 2.21 bits per heavy atom. The predicted octanol–water partition coefficient (Wildman–Crippen LogP) is 2.29. The second kappa shape index (κ2) is 6.76. The van der Waals surface area contributed by atoms with Gasteiger partial charge < -0.3 is 4.52 Å². The van der Waals surface area contributed by atoms with Gasteiger partial charge in [-0.2, -0.15) is 0 Å². The van der Waals surface area contributed by atoms with Crippen molar-refractivity contribution < 1.29 is 22.9 Å². The van der Waals surface area contributed by atoms with Crippen LogP contribution in [0.4, 0.5) is 0 Å². The molecule has 0 aromatic rings. The van der Waals surface area contributed by atoms with Crippen LogP contribution in [-0.4, -0.2) is 19.2 Å². The first-order chi connectivity index (χ1) is 6.58. The standard InChI is InChI=1S/C8H15O5P/c1-4-7-8(9)13-14(10,11-5-2)12-6-3/h4H,1,5-7H2,2-3H3. The van der Waals surface area contributed by atoms with Crippen molar-refractivity contribution in [3.8, 4) is 0 Å². The van der Waals surface area contributed by atoms with Gasteiger partial charge in [-0.25, -0.2) is 4.57 Å². The maximum absolute atomic E-state index is 11.6. The van der Waals surface area contributed by atoms with Crippen LogP contribution in [0.5, 0.6) is 0 Å². The summed E-state index contributed by atoms with van der Waals surface area (Å²) in [5.41, 5.74) is 0. The molecule has 0 aliphatic rings. The molecule has 5 nitrogen and oxygen atoms in total. The van der Waals surface area contributed by atoms with E-state index >= 15 is 0 Å². The molecule has 0 aliphatic carbocycles. The number of hydrogen-bond donors (Lipinski definition) is 0. The molecule has 0 saturated carbocycles.